The Morgan fingerprint density at radius 2 is 2.12 bits per heavy atom. The molecule has 0 aromatic carbocycles. The van der Waals surface area contributed by atoms with Crippen LogP contribution in [-0.4, -0.2) is 20.6 Å². The third-order valence-electron chi connectivity index (χ3n) is 3.29. The Kier molecular flexibility index (Phi) is 2.89. The molecule has 2 aromatic heterocycles. The van der Waals surface area contributed by atoms with Crippen molar-refractivity contribution < 1.29 is 0 Å². The third kappa shape index (κ3) is 2.22. The second-order valence-corrected chi connectivity index (χ2v) is 4.93. The fourth-order valence-electron chi connectivity index (χ4n) is 2.44. The molecule has 3 rings (SSSR count). The summed E-state index contributed by atoms with van der Waals surface area (Å²) in [7, 11) is 0. The smallest absolute Gasteiger partial charge is 0.159 e. The molecule has 2 aromatic rings. The van der Waals surface area contributed by atoms with E-state index in [4.69, 9.17) is 11.6 Å². The zero-order chi connectivity index (χ0) is 11.7. The van der Waals surface area contributed by atoms with Crippen LogP contribution >= 0.6 is 11.6 Å². The van der Waals surface area contributed by atoms with Gasteiger partial charge in [-0.25, -0.2) is 4.98 Å². The SMILES string of the molecule is Clc1cc(NC2CCCCC2)n2nccc2n1. The molecule has 5 heteroatoms. The molecule has 17 heavy (non-hydrogen) atoms. The first-order valence-corrected chi connectivity index (χ1v) is 6.47. The number of rotatable bonds is 2. The second kappa shape index (κ2) is 4.53. The van der Waals surface area contributed by atoms with Crippen molar-refractivity contribution in [1.82, 2.24) is 14.6 Å². The fraction of sp³-hybridized carbons (Fsp3) is 0.500. The number of fused-ring (bicyclic) bond motifs is 1. The van der Waals surface area contributed by atoms with E-state index in [0.717, 1.165) is 11.5 Å². The third-order valence-corrected chi connectivity index (χ3v) is 3.48. The van der Waals surface area contributed by atoms with Crippen LogP contribution in [0.3, 0.4) is 0 Å². The molecule has 0 unspecified atom stereocenters. The van der Waals surface area contributed by atoms with E-state index >= 15 is 0 Å². The lowest BCUT2D eigenvalue weighted by Gasteiger charge is -2.23. The molecule has 1 N–H and O–H groups in total. The van der Waals surface area contributed by atoms with Gasteiger partial charge in [-0.1, -0.05) is 30.9 Å². The first-order valence-electron chi connectivity index (χ1n) is 6.10. The molecule has 1 fully saturated rings. The molecule has 0 radical (unpaired) electrons. The highest BCUT2D eigenvalue weighted by molar-refractivity contribution is 6.29. The van der Waals surface area contributed by atoms with Crippen LogP contribution in [0, 0.1) is 0 Å². The summed E-state index contributed by atoms with van der Waals surface area (Å²) >= 11 is 6.01. The van der Waals surface area contributed by atoms with Gasteiger partial charge in [-0.15, -0.1) is 0 Å². The van der Waals surface area contributed by atoms with E-state index in [1.165, 1.54) is 32.1 Å². The molecule has 0 aliphatic heterocycles. The van der Waals surface area contributed by atoms with Gasteiger partial charge in [-0.05, 0) is 12.8 Å². The number of anilines is 1. The summed E-state index contributed by atoms with van der Waals surface area (Å²) in [4.78, 5) is 4.22. The average molecular weight is 251 g/mol. The summed E-state index contributed by atoms with van der Waals surface area (Å²) in [5, 5.41) is 8.30. The average Bonchev–Trinajstić information content (AvgIpc) is 2.78. The summed E-state index contributed by atoms with van der Waals surface area (Å²) in [6.07, 6.45) is 8.15. The molecule has 2 heterocycles. The summed E-state index contributed by atoms with van der Waals surface area (Å²) in [5.41, 5.74) is 0.788. The van der Waals surface area contributed by atoms with Crippen molar-refractivity contribution in [3.63, 3.8) is 0 Å². The van der Waals surface area contributed by atoms with Crippen LogP contribution in [0.5, 0.6) is 0 Å². The standard InChI is InChI=1S/C12H15ClN4/c13-10-8-12(15-9-4-2-1-3-5-9)17-11(16-10)6-7-14-17/h6-9,15H,1-5H2. The van der Waals surface area contributed by atoms with Crippen LogP contribution in [-0.2, 0) is 0 Å². The molecule has 4 nitrogen and oxygen atoms in total. The summed E-state index contributed by atoms with van der Waals surface area (Å²) in [5.74, 6) is 0.942. The summed E-state index contributed by atoms with van der Waals surface area (Å²) < 4.78 is 1.81. The molecular weight excluding hydrogens is 236 g/mol. The van der Waals surface area contributed by atoms with Crippen LogP contribution in [0.1, 0.15) is 32.1 Å². The maximum Gasteiger partial charge on any atom is 0.159 e. The Morgan fingerprint density at radius 3 is 2.94 bits per heavy atom. The molecule has 1 aliphatic rings. The van der Waals surface area contributed by atoms with Crippen molar-refractivity contribution >= 4 is 23.1 Å². The Labute approximate surface area is 105 Å². The molecule has 0 saturated heterocycles. The number of halogens is 1. The maximum atomic E-state index is 6.01. The van der Waals surface area contributed by atoms with Crippen LogP contribution in [0.15, 0.2) is 18.3 Å². The van der Waals surface area contributed by atoms with E-state index < -0.39 is 0 Å². The first-order chi connectivity index (χ1) is 8.33. The van der Waals surface area contributed by atoms with Gasteiger partial charge in [0, 0.05) is 18.2 Å². The van der Waals surface area contributed by atoms with E-state index in [1.807, 2.05) is 12.1 Å². The normalized spacial score (nSPS) is 17.5. The molecule has 0 bridgehead atoms. The molecular formula is C12H15ClN4. The van der Waals surface area contributed by atoms with Gasteiger partial charge in [-0.2, -0.15) is 9.61 Å². The highest BCUT2D eigenvalue weighted by atomic mass is 35.5. The molecule has 90 valence electrons. The van der Waals surface area contributed by atoms with E-state index in [-0.39, 0.29) is 0 Å². The molecule has 1 aliphatic carbocycles. The highest BCUT2D eigenvalue weighted by Gasteiger charge is 2.15. The van der Waals surface area contributed by atoms with Gasteiger partial charge < -0.3 is 5.32 Å². The predicted octanol–water partition coefficient (Wildman–Crippen LogP) is 3.13. The van der Waals surface area contributed by atoms with Gasteiger partial charge in [0.05, 0.1) is 6.20 Å². The van der Waals surface area contributed by atoms with Crippen LogP contribution in [0.25, 0.3) is 5.65 Å². The monoisotopic (exact) mass is 250 g/mol. The van der Waals surface area contributed by atoms with Crippen molar-refractivity contribution in [3.05, 3.63) is 23.5 Å². The van der Waals surface area contributed by atoms with Crippen molar-refractivity contribution in [1.29, 1.82) is 0 Å². The molecule has 0 amide bonds. The summed E-state index contributed by atoms with van der Waals surface area (Å²) in [6, 6.07) is 4.24. The van der Waals surface area contributed by atoms with Gasteiger partial charge in [-0.3, -0.25) is 0 Å². The molecule has 0 spiro atoms. The van der Waals surface area contributed by atoms with E-state index in [9.17, 15) is 0 Å². The zero-order valence-electron chi connectivity index (χ0n) is 9.56. The van der Waals surface area contributed by atoms with E-state index in [1.54, 1.807) is 10.7 Å². The topological polar surface area (TPSA) is 42.2 Å². The number of hydrogen-bond acceptors (Lipinski definition) is 3. The van der Waals surface area contributed by atoms with Crippen molar-refractivity contribution in [2.24, 2.45) is 0 Å². The predicted molar refractivity (Wildman–Crippen MR) is 68.5 cm³/mol. The van der Waals surface area contributed by atoms with Gasteiger partial charge in [0.15, 0.2) is 5.65 Å². The van der Waals surface area contributed by atoms with Crippen molar-refractivity contribution in [2.75, 3.05) is 5.32 Å². The lowest BCUT2D eigenvalue weighted by atomic mass is 9.95. The Morgan fingerprint density at radius 1 is 1.29 bits per heavy atom. The second-order valence-electron chi connectivity index (χ2n) is 4.54. The minimum atomic E-state index is 0.510. The minimum Gasteiger partial charge on any atom is -0.367 e. The Hall–Kier alpha value is -1.29. The van der Waals surface area contributed by atoms with Gasteiger partial charge in [0.1, 0.15) is 11.0 Å². The fourth-order valence-corrected chi connectivity index (χ4v) is 2.63. The van der Waals surface area contributed by atoms with Crippen LogP contribution < -0.4 is 5.32 Å². The number of nitrogens with one attached hydrogen (secondary N) is 1. The zero-order valence-corrected chi connectivity index (χ0v) is 10.3. The lowest BCUT2D eigenvalue weighted by Crippen LogP contribution is -2.23. The number of hydrogen-bond donors (Lipinski definition) is 1. The summed E-state index contributed by atoms with van der Waals surface area (Å²) in [6.45, 7) is 0. The maximum absolute atomic E-state index is 6.01. The Bertz CT molecular complexity index is 516. The van der Waals surface area contributed by atoms with E-state index in [2.05, 4.69) is 15.4 Å². The lowest BCUT2D eigenvalue weighted by molar-refractivity contribution is 0.461. The number of nitrogens with zero attached hydrogens (tertiary/aromatic N) is 3. The van der Waals surface area contributed by atoms with Gasteiger partial charge >= 0.3 is 0 Å². The minimum absolute atomic E-state index is 0.510. The van der Waals surface area contributed by atoms with Crippen molar-refractivity contribution in [3.8, 4) is 0 Å². The van der Waals surface area contributed by atoms with Crippen LogP contribution in [0.4, 0.5) is 5.82 Å². The largest absolute Gasteiger partial charge is 0.367 e. The van der Waals surface area contributed by atoms with Gasteiger partial charge in [0.25, 0.3) is 0 Å². The number of aromatic nitrogens is 3. The first kappa shape index (κ1) is 10.8. The van der Waals surface area contributed by atoms with Crippen LogP contribution in [0.2, 0.25) is 5.15 Å². The quantitative estimate of drug-likeness (QED) is 0.833. The van der Waals surface area contributed by atoms with Gasteiger partial charge in [0.2, 0.25) is 0 Å². The Balaban J connectivity index is 1.90. The van der Waals surface area contributed by atoms with E-state index in [0.29, 0.717) is 11.2 Å². The van der Waals surface area contributed by atoms with Crippen molar-refractivity contribution in [2.45, 2.75) is 38.1 Å². The molecule has 0 atom stereocenters. The molecule has 1 saturated carbocycles. The highest BCUT2D eigenvalue weighted by Crippen LogP contribution is 2.23.